The topological polar surface area (TPSA) is 94.0 Å². The molecule has 2 aromatic rings. The maximum Gasteiger partial charge on any atom is 0.227 e. The quantitative estimate of drug-likeness (QED) is 0.842. The Morgan fingerprint density at radius 3 is 2.71 bits per heavy atom. The Hall–Kier alpha value is -1.63. The van der Waals surface area contributed by atoms with E-state index < -0.39 is 0 Å². The number of aryl methyl sites for hydroxylation is 1. The minimum Gasteiger partial charge on any atom is -0.355 e. The molecule has 0 aliphatic carbocycles. The molecule has 0 radical (unpaired) electrons. The Labute approximate surface area is 133 Å². The highest BCUT2D eigenvalue weighted by Crippen LogP contribution is 2.18. The maximum absolute atomic E-state index is 11.4. The Kier molecular flexibility index (Phi) is 7.14. The van der Waals surface area contributed by atoms with Gasteiger partial charge in [0.25, 0.3) is 0 Å². The number of halogens is 2. The molecule has 0 fully saturated rings. The lowest BCUT2D eigenvalue weighted by Gasteiger charge is -2.00. The van der Waals surface area contributed by atoms with Crippen LogP contribution >= 0.6 is 24.0 Å². The summed E-state index contributed by atoms with van der Waals surface area (Å²) in [5.74, 6) is 0.832. The fraction of sp³-hybridized carbons (Fsp3) is 0.308. The number of carbonyl (C=O) groups excluding carboxylic acids is 1. The van der Waals surface area contributed by atoms with Gasteiger partial charge < -0.3 is 15.6 Å². The molecule has 6 nitrogen and oxygen atoms in total. The lowest BCUT2D eigenvalue weighted by atomic mass is 10.2. The van der Waals surface area contributed by atoms with Gasteiger partial charge in [0.05, 0.1) is 0 Å². The van der Waals surface area contributed by atoms with Crippen LogP contribution in [-0.4, -0.2) is 29.1 Å². The van der Waals surface area contributed by atoms with E-state index in [0.29, 0.717) is 42.7 Å². The Balaban J connectivity index is 0.00000220. The SMILES string of the molecule is Cl.NCCNC(=O)CCc1nc(-c2ccc(Cl)cc2)no1. The average Bonchev–Trinajstić information content (AvgIpc) is 2.92. The lowest BCUT2D eigenvalue weighted by molar-refractivity contribution is -0.121. The van der Waals surface area contributed by atoms with Gasteiger partial charge in [0.15, 0.2) is 0 Å². The number of hydrogen-bond acceptors (Lipinski definition) is 5. The first-order chi connectivity index (χ1) is 9.69. The van der Waals surface area contributed by atoms with Crippen LogP contribution in [-0.2, 0) is 11.2 Å². The molecule has 8 heteroatoms. The summed E-state index contributed by atoms with van der Waals surface area (Å²) in [6, 6.07) is 7.14. The molecule has 1 aromatic heterocycles. The zero-order chi connectivity index (χ0) is 14.4. The number of amides is 1. The van der Waals surface area contributed by atoms with Crippen LogP contribution in [0.2, 0.25) is 5.02 Å². The number of nitrogens with two attached hydrogens (primary N) is 1. The third-order valence-corrected chi connectivity index (χ3v) is 2.85. The van der Waals surface area contributed by atoms with Gasteiger partial charge in [-0.3, -0.25) is 4.79 Å². The largest absolute Gasteiger partial charge is 0.355 e. The fourth-order valence-corrected chi connectivity index (χ4v) is 1.72. The number of benzene rings is 1. The van der Waals surface area contributed by atoms with Crippen molar-refractivity contribution in [3.8, 4) is 11.4 Å². The molecule has 0 atom stereocenters. The van der Waals surface area contributed by atoms with E-state index in [1.807, 2.05) is 12.1 Å². The smallest absolute Gasteiger partial charge is 0.227 e. The van der Waals surface area contributed by atoms with E-state index in [9.17, 15) is 4.79 Å². The van der Waals surface area contributed by atoms with Crippen molar-refractivity contribution in [1.82, 2.24) is 15.5 Å². The van der Waals surface area contributed by atoms with Crippen molar-refractivity contribution in [2.45, 2.75) is 12.8 Å². The van der Waals surface area contributed by atoms with E-state index in [-0.39, 0.29) is 18.3 Å². The lowest BCUT2D eigenvalue weighted by Crippen LogP contribution is -2.29. The van der Waals surface area contributed by atoms with Crippen molar-refractivity contribution in [2.24, 2.45) is 5.73 Å². The summed E-state index contributed by atoms with van der Waals surface area (Å²) in [5.41, 5.74) is 6.11. The van der Waals surface area contributed by atoms with E-state index in [1.54, 1.807) is 12.1 Å². The molecule has 0 aliphatic rings. The number of rotatable bonds is 6. The summed E-state index contributed by atoms with van der Waals surface area (Å²) in [6.07, 6.45) is 0.694. The summed E-state index contributed by atoms with van der Waals surface area (Å²) < 4.78 is 5.11. The predicted molar refractivity (Wildman–Crippen MR) is 82.4 cm³/mol. The molecule has 1 amide bonds. The second-order valence-electron chi connectivity index (χ2n) is 4.16. The van der Waals surface area contributed by atoms with Crippen molar-refractivity contribution in [2.75, 3.05) is 13.1 Å². The first kappa shape index (κ1) is 17.4. The van der Waals surface area contributed by atoms with Gasteiger partial charge in [0.1, 0.15) is 0 Å². The second-order valence-corrected chi connectivity index (χ2v) is 4.59. The standard InChI is InChI=1S/C13H15ClN4O2.ClH/c14-10-3-1-9(2-4-10)13-17-12(20-18-13)6-5-11(19)16-8-7-15;/h1-4H,5-8,15H2,(H,16,19);1H. The Bertz CT molecular complexity index is 572. The van der Waals surface area contributed by atoms with E-state index in [4.69, 9.17) is 21.9 Å². The normalized spacial score (nSPS) is 10.0. The highest BCUT2D eigenvalue weighted by atomic mass is 35.5. The number of aromatic nitrogens is 2. The molecule has 0 spiro atoms. The Morgan fingerprint density at radius 2 is 2.05 bits per heavy atom. The highest BCUT2D eigenvalue weighted by Gasteiger charge is 2.10. The molecule has 1 heterocycles. The van der Waals surface area contributed by atoms with E-state index >= 15 is 0 Å². The van der Waals surface area contributed by atoms with Gasteiger partial charge in [0, 0.05) is 36.5 Å². The predicted octanol–water partition coefficient (Wildman–Crippen LogP) is 1.82. The van der Waals surface area contributed by atoms with Crippen molar-refractivity contribution in [1.29, 1.82) is 0 Å². The monoisotopic (exact) mass is 330 g/mol. The summed E-state index contributed by atoms with van der Waals surface area (Å²) in [5, 5.41) is 7.20. The number of nitrogens with zero attached hydrogens (tertiary/aromatic N) is 2. The highest BCUT2D eigenvalue weighted by molar-refractivity contribution is 6.30. The number of carbonyl (C=O) groups is 1. The molecule has 0 bridgehead atoms. The van der Waals surface area contributed by atoms with E-state index in [0.717, 1.165) is 5.56 Å². The molecule has 3 N–H and O–H groups in total. The minimum atomic E-state index is -0.0818. The van der Waals surface area contributed by atoms with Gasteiger partial charge in [-0.15, -0.1) is 12.4 Å². The van der Waals surface area contributed by atoms with Crippen molar-refractivity contribution < 1.29 is 9.32 Å². The molecule has 21 heavy (non-hydrogen) atoms. The van der Waals surface area contributed by atoms with Gasteiger partial charge in [0.2, 0.25) is 17.6 Å². The minimum absolute atomic E-state index is 0. The third-order valence-electron chi connectivity index (χ3n) is 2.60. The van der Waals surface area contributed by atoms with Crippen molar-refractivity contribution >= 4 is 29.9 Å². The van der Waals surface area contributed by atoms with E-state index in [1.165, 1.54) is 0 Å². The molecule has 0 aliphatic heterocycles. The van der Waals surface area contributed by atoms with Crippen molar-refractivity contribution in [3.05, 3.63) is 35.2 Å². The van der Waals surface area contributed by atoms with Crippen molar-refractivity contribution in [3.63, 3.8) is 0 Å². The first-order valence-corrected chi connectivity index (χ1v) is 6.62. The van der Waals surface area contributed by atoms with Gasteiger partial charge in [-0.25, -0.2) is 0 Å². The molecule has 0 unspecified atom stereocenters. The zero-order valence-corrected chi connectivity index (χ0v) is 12.8. The third kappa shape index (κ3) is 5.34. The molecule has 0 saturated carbocycles. The van der Waals surface area contributed by atoms with Crippen LogP contribution < -0.4 is 11.1 Å². The van der Waals surface area contributed by atoms with Gasteiger partial charge in [-0.1, -0.05) is 16.8 Å². The van der Waals surface area contributed by atoms with Crippen LogP contribution in [0.5, 0.6) is 0 Å². The number of nitrogens with one attached hydrogen (secondary N) is 1. The fourth-order valence-electron chi connectivity index (χ4n) is 1.59. The van der Waals surface area contributed by atoms with Crippen LogP contribution in [0.1, 0.15) is 12.3 Å². The molecule has 114 valence electrons. The second kappa shape index (κ2) is 8.61. The van der Waals surface area contributed by atoms with Gasteiger partial charge >= 0.3 is 0 Å². The van der Waals surface area contributed by atoms with E-state index in [2.05, 4.69) is 15.5 Å². The van der Waals surface area contributed by atoms with Crippen LogP contribution in [0.15, 0.2) is 28.8 Å². The molecule has 2 rings (SSSR count). The van der Waals surface area contributed by atoms with Gasteiger partial charge in [-0.05, 0) is 24.3 Å². The molecule has 0 saturated heterocycles. The van der Waals surface area contributed by atoms with Gasteiger partial charge in [-0.2, -0.15) is 4.98 Å². The summed E-state index contributed by atoms with van der Waals surface area (Å²) in [4.78, 5) is 15.7. The maximum atomic E-state index is 11.4. The number of hydrogen-bond donors (Lipinski definition) is 2. The zero-order valence-electron chi connectivity index (χ0n) is 11.2. The Morgan fingerprint density at radius 1 is 1.33 bits per heavy atom. The summed E-state index contributed by atoms with van der Waals surface area (Å²) >= 11 is 5.81. The molecular formula is C13H16Cl2N4O2. The first-order valence-electron chi connectivity index (χ1n) is 6.24. The van der Waals surface area contributed by atoms with Crippen LogP contribution in [0.3, 0.4) is 0 Å². The average molecular weight is 331 g/mol. The molecular weight excluding hydrogens is 315 g/mol. The van der Waals surface area contributed by atoms with Crippen LogP contribution in [0.4, 0.5) is 0 Å². The summed E-state index contributed by atoms with van der Waals surface area (Å²) in [6.45, 7) is 0.895. The summed E-state index contributed by atoms with van der Waals surface area (Å²) in [7, 11) is 0. The molecule has 1 aromatic carbocycles. The van der Waals surface area contributed by atoms with Crippen LogP contribution in [0.25, 0.3) is 11.4 Å². The van der Waals surface area contributed by atoms with Crippen LogP contribution in [0, 0.1) is 0 Å².